The molecule has 5 rings (SSSR count). The Morgan fingerprint density at radius 1 is 1.00 bits per heavy atom. The zero-order chi connectivity index (χ0) is 28.7. The van der Waals surface area contributed by atoms with Gasteiger partial charge >= 0.3 is 12.4 Å². The van der Waals surface area contributed by atoms with E-state index in [2.05, 4.69) is 30.5 Å². The van der Waals surface area contributed by atoms with E-state index in [1.807, 2.05) is 13.8 Å². The van der Waals surface area contributed by atoms with Gasteiger partial charge < -0.3 is 15.4 Å². The van der Waals surface area contributed by atoms with Gasteiger partial charge in [-0.2, -0.15) is 26.3 Å². The van der Waals surface area contributed by atoms with E-state index in [0.29, 0.717) is 48.1 Å². The third kappa shape index (κ3) is 6.20. The minimum Gasteiger partial charge on any atom is -0.380 e. The minimum absolute atomic E-state index is 0.0113. The summed E-state index contributed by atoms with van der Waals surface area (Å²) in [6, 6.07) is 5.65. The first-order valence-electron chi connectivity index (χ1n) is 12.6. The van der Waals surface area contributed by atoms with Crippen LogP contribution in [0.3, 0.4) is 0 Å². The van der Waals surface area contributed by atoms with E-state index in [0.717, 1.165) is 12.1 Å². The summed E-state index contributed by atoms with van der Waals surface area (Å²) in [6.45, 7) is 5.51. The zero-order valence-corrected chi connectivity index (χ0v) is 21.5. The van der Waals surface area contributed by atoms with Crippen molar-refractivity contribution in [2.45, 2.75) is 51.0 Å². The monoisotopic (exact) mass is 564 g/mol. The summed E-state index contributed by atoms with van der Waals surface area (Å²) in [5, 5.41) is 6.20. The molecule has 0 amide bonds. The Balaban J connectivity index is 1.53. The Kier molecular flexibility index (Phi) is 7.44. The number of allylic oxidation sites excluding steroid dienone is 2. The number of benzene rings is 1. The normalized spacial score (nSPS) is 22.2. The van der Waals surface area contributed by atoms with Crippen LogP contribution in [-0.4, -0.2) is 51.3 Å². The van der Waals surface area contributed by atoms with Crippen LogP contribution in [0.1, 0.15) is 36.8 Å². The summed E-state index contributed by atoms with van der Waals surface area (Å²) in [5.41, 5.74) is -0.914. The van der Waals surface area contributed by atoms with Gasteiger partial charge in [0.1, 0.15) is 17.5 Å². The molecule has 2 aliphatic heterocycles. The van der Waals surface area contributed by atoms with Gasteiger partial charge in [0.15, 0.2) is 0 Å². The van der Waals surface area contributed by atoms with Crippen molar-refractivity contribution < 1.29 is 31.1 Å². The molecular formula is C27H26F6N6O. The Hall–Kier alpha value is -3.71. The molecule has 0 radical (unpaired) electrons. The molecule has 3 unspecified atom stereocenters. The van der Waals surface area contributed by atoms with Crippen LogP contribution in [0.15, 0.2) is 60.5 Å². The molecule has 2 N–H and O–H groups in total. The molecule has 13 heteroatoms. The summed E-state index contributed by atoms with van der Waals surface area (Å²) in [7, 11) is 0. The number of halogens is 6. The van der Waals surface area contributed by atoms with Gasteiger partial charge in [-0.15, -0.1) is 0 Å². The SMILES string of the molecule is CC1CN(Cc2nc(Nc3ccc(C(F)(F)F)cn3)c3ccc(C4NC=CC=C4C(F)(F)F)cc3n2)CC(C)O1. The van der Waals surface area contributed by atoms with Crippen molar-refractivity contribution in [3.63, 3.8) is 0 Å². The lowest BCUT2D eigenvalue weighted by atomic mass is 9.95. The first-order valence-corrected chi connectivity index (χ1v) is 12.6. The first-order chi connectivity index (χ1) is 18.9. The molecule has 1 saturated heterocycles. The second-order valence-electron chi connectivity index (χ2n) is 9.85. The average Bonchev–Trinajstić information content (AvgIpc) is 2.87. The number of dihydropyridines is 1. The van der Waals surface area contributed by atoms with Crippen LogP contribution in [0.2, 0.25) is 0 Å². The van der Waals surface area contributed by atoms with Crippen molar-refractivity contribution in [1.82, 2.24) is 25.2 Å². The molecule has 3 aromatic rings. The van der Waals surface area contributed by atoms with Crippen LogP contribution in [0, 0.1) is 0 Å². The van der Waals surface area contributed by atoms with E-state index in [4.69, 9.17) is 4.74 Å². The fraction of sp³-hybridized carbons (Fsp3) is 0.370. The number of nitrogens with zero attached hydrogens (tertiary/aromatic N) is 4. The Labute approximate surface area is 226 Å². The Morgan fingerprint density at radius 3 is 2.40 bits per heavy atom. The average molecular weight is 565 g/mol. The van der Waals surface area contributed by atoms with Gasteiger partial charge in [0, 0.05) is 24.7 Å². The maximum absolute atomic E-state index is 13.7. The Bertz CT molecular complexity index is 1430. The van der Waals surface area contributed by atoms with Gasteiger partial charge in [0.25, 0.3) is 0 Å². The van der Waals surface area contributed by atoms with Crippen LogP contribution in [0.5, 0.6) is 0 Å². The van der Waals surface area contributed by atoms with E-state index >= 15 is 0 Å². The third-order valence-electron chi connectivity index (χ3n) is 6.57. The Morgan fingerprint density at radius 2 is 1.75 bits per heavy atom. The lowest BCUT2D eigenvalue weighted by Crippen LogP contribution is -2.45. The number of morpholine rings is 1. The van der Waals surface area contributed by atoms with Crippen LogP contribution < -0.4 is 10.6 Å². The predicted octanol–water partition coefficient (Wildman–Crippen LogP) is 6.04. The second kappa shape index (κ2) is 10.7. The topological polar surface area (TPSA) is 75.2 Å². The number of aromatic nitrogens is 3. The fourth-order valence-corrected chi connectivity index (χ4v) is 4.93. The standard InChI is InChI=1S/C27H26F6N6O/c1-15-12-39(13-16(2)40-15)14-23-36-21-10-17(24-20(27(31,32)33)4-3-9-34-24)5-7-19(21)25(38-23)37-22-8-6-18(11-35-22)26(28,29)30/h3-11,15-16,24,34H,12-14H2,1-2H3,(H,35,36,37,38). The first kappa shape index (κ1) is 27.8. The fourth-order valence-electron chi connectivity index (χ4n) is 4.93. The molecule has 2 aliphatic rings. The van der Waals surface area contributed by atoms with Gasteiger partial charge in [-0.1, -0.05) is 12.1 Å². The number of ether oxygens (including phenoxy) is 1. The number of hydrogen-bond acceptors (Lipinski definition) is 7. The van der Waals surface area contributed by atoms with Gasteiger partial charge in [0.2, 0.25) is 0 Å². The lowest BCUT2D eigenvalue weighted by Gasteiger charge is -2.34. The van der Waals surface area contributed by atoms with Crippen LogP contribution in [-0.2, 0) is 17.5 Å². The van der Waals surface area contributed by atoms with Gasteiger partial charge in [-0.3, -0.25) is 4.90 Å². The van der Waals surface area contributed by atoms with Gasteiger partial charge in [-0.05, 0) is 56.0 Å². The largest absolute Gasteiger partial charge is 0.417 e. The van der Waals surface area contributed by atoms with Gasteiger partial charge in [-0.25, -0.2) is 15.0 Å². The molecule has 3 atom stereocenters. The number of alkyl halides is 6. The van der Waals surface area contributed by atoms with E-state index in [1.165, 1.54) is 18.3 Å². The van der Waals surface area contributed by atoms with Crippen LogP contribution in [0.25, 0.3) is 10.9 Å². The second-order valence-corrected chi connectivity index (χ2v) is 9.85. The summed E-state index contributed by atoms with van der Waals surface area (Å²) >= 11 is 0. The van der Waals surface area contributed by atoms with E-state index in [9.17, 15) is 26.3 Å². The van der Waals surface area contributed by atoms with Crippen LogP contribution >= 0.6 is 0 Å². The molecule has 0 aliphatic carbocycles. The van der Waals surface area contributed by atoms with Crippen molar-refractivity contribution in [3.05, 3.63) is 77.4 Å². The molecule has 7 nitrogen and oxygen atoms in total. The number of nitrogens with one attached hydrogen (secondary N) is 2. The van der Waals surface area contributed by atoms with Crippen molar-refractivity contribution in [1.29, 1.82) is 0 Å². The maximum Gasteiger partial charge on any atom is 0.417 e. The number of rotatable bonds is 5. The summed E-state index contributed by atoms with van der Waals surface area (Å²) in [5.74, 6) is 0.790. The molecule has 0 bridgehead atoms. The number of hydrogen-bond donors (Lipinski definition) is 2. The van der Waals surface area contributed by atoms with E-state index in [-0.39, 0.29) is 23.8 Å². The molecule has 0 saturated carbocycles. The zero-order valence-electron chi connectivity index (χ0n) is 21.5. The van der Waals surface area contributed by atoms with Crippen LogP contribution in [0.4, 0.5) is 38.0 Å². The smallest absolute Gasteiger partial charge is 0.380 e. The third-order valence-corrected chi connectivity index (χ3v) is 6.57. The number of fused-ring (bicyclic) bond motifs is 1. The molecule has 1 fully saturated rings. The summed E-state index contributed by atoms with van der Waals surface area (Å²) in [4.78, 5) is 15.3. The van der Waals surface area contributed by atoms with Crippen molar-refractivity contribution in [3.8, 4) is 0 Å². The summed E-state index contributed by atoms with van der Waals surface area (Å²) < 4.78 is 85.9. The number of pyridine rings is 1. The quantitative estimate of drug-likeness (QED) is 0.366. The highest BCUT2D eigenvalue weighted by Gasteiger charge is 2.39. The lowest BCUT2D eigenvalue weighted by molar-refractivity contribution is -0.137. The molecule has 2 aromatic heterocycles. The molecule has 1 aromatic carbocycles. The molecule has 4 heterocycles. The molecular weight excluding hydrogens is 538 g/mol. The molecule has 0 spiro atoms. The highest BCUT2D eigenvalue weighted by atomic mass is 19.4. The van der Waals surface area contributed by atoms with E-state index in [1.54, 1.807) is 18.2 Å². The highest BCUT2D eigenvalue weighted by molar-refractivity contribution is 5.91. The highest BCUT2D eigenvalue weighted by Crippen LogP contribution is 2.38. The van der Waals surface area contributed by atoms with Crippen molar-refractivity contribution in [2.75, 3.05) is 18.4 Å². The predicted molar refractivity (Wildman–Crippen MR) is 137 cm³/mol. The van der Waals surface area contributed by atoms with Crippen molar-refractivity contribution >= 4 is 22.5 Å². The minimum atomic E-state index is -4.54. The number of anilines is 2. The van der Waals surface area contributed by atoms with Crippen molar-refractivity contribution in [2.24, 2.45) is 0 Å². The van der Waals surface area contributed by atoms with Gasteiger partial charge in [0.05, 0.1) is 41.4 Å². The maximum atomic E-state index is 13.7. The summed E-state index contributed by atoms with van der Waals surface area (Å²) in [6.07, 6.45) is -4.61. The van der Waals surface area contributed by atoms with E-state index < -0.39 is 29.5 Å². The molecule has 212 valence electrons. The molecule has 40 heavy (non-hydrogen) atoms.